The van der Waals surface area contributed by atoms with E-state index in [4.69, 9.17) is 0 Å². The number of rotatable bonds is 3. The van der Waals surface area contributed by atoms with Crippen LogP contribution in [0.2, 0.25) is 0 Å². The molecule has 0 aliphatic carbocycles. The number of allylic oxidation sites excluding steroid dienone is 4. The van der Waals surface area contributed by atoms with Crippen molar-refractivity contribution in [3.63, 3.8) is 0 Å². The summed E-state index contributed by atoms with van der Waals surface area (Å²) in [5.74, 6) is 0.699. The van der Waals surface area contributed by atoms with Crippen molar-refractivity contribution in [2.24, 2.45) is 5.92 Å². The van der Waals surface area contributed by atoms with Crippen LogP contribution in [-0.4, -0.2) is 0 Å². The monoisotopic (exact) mass is 138 g/mol. The first-order valence-electron chi connectivity index (χ1n) is 3.96. The van der Waals surface area contributed by atoms with Gasteiger partial charge in [0.2, 0.25) is 0 Å². The van der Waals surface area contributed by atoms with Crippen LogP contribution in [0.1, 0.15) is 34.1 Å². The van der Waals surface area contributed by atoms with E-state index < -0.39 is 0 Å². The molecule has 0 unspecified atom stereocenters. The first-order valence-corrected chi connectivity index (χ1v) is 3.96. The molecular weight excluding hydrogens is 120 g/mol. The molecule has 0 rings (SSSR count). The molecule has 0 saturated heterocycles. The molecule has 0 heteroatoms. The highest BCUT2D eigenvalue weighted by molar-refractivity contribution is 5.03. The molecule has 0 aromatic rings. The van der Waals surface area contributed by atoms with Crippen LogP contribution in [0.4, 0.5) is 0 Å². The van der Waals surface area contributed by atoms with Gasteiger partial charge in [0, 0.05) is 0 Å². The molecule has 0 fully saturated rings. The zero-order chi connectivity index (χ0) is 7.98. The van der Waals surface area contributed by atoms with E-state index in [0.717, 1.165) is 6.42 Å². The second-order valence-corrected chi connectivity index (χ2v) is 2.91. The Morgan fingerprint density at radius 1 is 1.40 bits per heavy atom. The van der Waals surface area contributed by atoms with Crippen LogP contribution in [-0.2, 0) is 0 Å². The third kappa shape index (κ3) is 4.37. The molecular formula is C10H18. The Labute approximate surface area is 64.6 Å². The highest BCUT2D eigenvalue weighted by Crippen LogP contribution is 2.08. The second kappa shape index (κ2) is 5.28. The molecule has 0 aliphatic heterocycles. The zero-order valence-electron chi connectivity index (χ0n) is 7.52. The van der Waals surface area contributed by atoms with Gasteiger partial charge in [0.25, 0.3) is 0 Å². The van der Waals surface area contributed by atoms with Crippen molar-refractivity contribution < 1.29 is 0 Å². The van der Waals surface area contributed by atoms with Crippen molar-refractivity contribution in [2.75, 3.05) is 0 Å². The van der Waals surface area contributed by atoms with Crippen LogP contribution < -0.4 is 0 Å². The minimum Gasteiger partial charge on any atom is -0.0914 e. The van der Waals surface area contributed by atoms with Gasteiger partial charge in [0.05, 0.1) is 0 Å². The average Bonchev–Trinajstić information content (AvgIpc) is 1.88. The molecule has 0 saturated carbocycles. The zero-order valence-corrected chi connectivity index (χ0v) is 7.52. The summed E-state index contributed by atoms with van der Waals surface area (Å²) < 4.78 is 0. The number of hydrogen-bond acceptors (Lipinski definition) is 0. The van der Waals surface area contributed by atoms with E-state index in [0.29, 0.717) is 5.92 Å². The maximum atomic E-state index is 2.28. The SMILES string of the molecule is CC=CCC=C(C)C(C)C. The minimum absolute atomic E-state index is 0.699. The van der Waals surface area contributed by atoms with E-state index in [2.05, 4.69) is 45.9 Å². The maximum absolute atomic E-state index is 2.28. The van der Waals surface area contributed by atoms with Crippen molar-refractivity contribution in [3.8, 4) is 0 Å². The lowest BCUT2D eigenvalue weighted by Gasteiger charge is -2.02. The summed E-state index contributed by atoms with van der Waals surface area (Å²) in [6.45, 7) is 8.69. The molecule has 0 aromatic heterocycles. The van der Waals surface area contributed by atoms with Crippen molar-refractivity contribution in [3.05, 3.63) is 23.8 Å². The Bertz CT molecular complexity index is 127. The van der Waals surface area contributed by atoms with Crippen LogP contribution in [0.15, 0.2) is 23.8 Å². The topological polar surface area (TPSA) is 0 Å². The first-order chi connectivity index (χ1) is 4.68. The lowest BCUT2D eigenvalue weighted by Crippen LogP contribution is -1.87. The van der Waals surface area contributed by atoms with Crippen molar-refractivity contribution in [1.82, 2.24) is 0 Å². The fourth-order valence-electron chi connectivity index (χ4n) is 0.626. The summed E-state index contributed by atoms with van der Waals surface area (Å²) in [7, 11) is 0. The van der Waals surface area contributed by atoms with Gasteiger partial charge in [-0.2, -0.15) is 0 Å². The van der Waals surface area contributed by atoms with E-state index in [9.17, 15) is 0 Å². The Morgan fingerprint density at radius 3 is 2.40 bits per heavy atom. The Balaban J connectivity index is 3.68. The largest absolute Gasteiger partial charge is 0.0914 e. The van der Waals surface area contributed by atoms with Gasteiger partial charge in [-0.05, 0) is 26.2 Å². The highest BCUT2D eigenvalue weighted by Gasteiger charge is 1.92. The lowest BCUT2D eigenvalue weighted by atomic mass is 10.0. The molecule has 0 spiro atoms. The first kappa shape index (κ1) is 9.48. The third-order valence-corrected chi connectivity index (χ3v) is 1.72. The minimum atomic E-state index is 0.699. The summed E-state index contributed by atoms with van der Waals surface area (Å²) in [4.78, 5) is 0. The molecule has 0 nitrogen and oxygen atoms in total. The quantitative estimate of drug-likeness (QED) is 0.523. The molecule has 0 N–H and O–H groups in total. The smallest absolute Gasteiger partial charge is 0.0167 e. The van der Waals surface area contributed by atoms with Gasteiger partial charge in [-0.1, -0.05) is 37.6 Å². The summed E-state index contributed by atoms with van der Waals surface area (Å²) in [5.41, 5.74) is 1.48. The van der Waals surface area contributed by atoms with E-state index in [1.165, 1.54) is 5.57 Å². The molecule has 10 heavy (non-hydrogen) atoms. The summed E-state index contributed by atoms with van der Waals surface area (Å²) in [6.07, 6.45) is 7.63. The van der Waals surface area contributed by atoms with E-state index >= 15 is 0 Å². The molecule has 0 amide bonds. The molecule has 0 atom stereocenters. The fourth-order valence-corrected chi connectivity index (χ4v) is 0.626. The van der Waals surface area contributed by atoms with Gasteiger partial charge < -0.3 is 0 Å². The van der Waals surface area contributed by atoms with Gasteiger partial charge in [-0.3, -0.25) is 0 Å². The van der Waals surface area contributed by atoms with Gasteiger partial charge in [-0.25, -0.2) is 0 Å². The van der Waals surface area contributed by atoms with Crippen LogP contribution in [0.5, 0.6) is 0 Å². The Hall–Kier alpha value is -0.520. The summed E-state index contributed by atoms with van der Waals surface area (Å²) >= 11 is 0. The Kier molecular flexibility index (Phi) is 5.00. The predicted molar refractivity (Wildman–Crippen MR) is 48.0 cm³/mol. The van der Waals surface area contributed by atoms with Crippen LogP contribution >= 0.6 is 0 Å². The molecule has 58 valence electrons. The van der Waals surface area contributed by atoms with E-state index in [1.54, 1.807) is 0 Å². The van der Waals surface area contributed by atoms with E-state index in [-0.39, 0.29) is 0 Å². The molecule has 0 radical (unpaired) electrons. The van der Waals surface area contributed by atoms with Crippen molar-refractivity contribution in [2.45, 2.75) is 34.1 Å². The maximum Gasteiger partial charge on any atom is -0.0167 e. The summed E-state index contributed by atoms with van der Waals surface area (Å²) in [5, 5.41) is 0. The van der Waals surface area contributed by atoms with Crippen LogP contribution in [0.25, 0.3) is 0 Å². The lowest BCUT2D eigenvalue weighted by molar-refractivity contribution is 0.765. The average molecular weight is 138 g/mol. The second-order valence-electron chi connectivity index (χ2n) is 2.91. The molecule has 0 aromatic carbocycles. The standard InChI is InChI=1S/C10H18/c1-5-6-7-8-10(4)9(2)3/h5-6,8-9H,7H2,1-4H3. The van der Waals surface area contributed by atoms with Gasteiger partial charge in [-0.15, -0.1) is 0 Å². The molecule has 0 aliphatic rings. The fraction of sp³-hybridized carbons (Fsp3) is 0.600. The van der Waals surface area contributed by atoms with Gasteiger partial charge in [0.1, 0.15) is 0 Å². The Morgan fingerprint density at radius 2 is 2.00 bits per heavy atom. The van der Waals surface area contributed by atoms with Crippen molar-refractivity contribution in [1.29, 1.82) is 0 Å². The normalized spacial score (nSPS) is 13.5. The summed E-state index contributed by atoms with van der Waals surface area (Å²) in [6, 6.07) is 0. The third-order valence-electron chi connectivity index (χ3n) is 1.72. The predicted octanol–water partition coefficient (Wildman–Crippen LogP) is 3.55. The van der Waals surface area contributed by atoms with E-state index in [1.807, 2.05) is 0 Å². The highest BCUT2D eigenvalue weighted by atomic mass is 14.0. The van der Waals surface area contributed by atoms with Crippen LogP contribution in [0.3, 0.4) is 0 Å². The molecule has 0 heterocycles. The van der Waals surface area contributed by atoms with Gasteiger partial charge >= 0.3 is 0 Å². The number of hydrogen-bond donors (Lipinski definition) is 0. The molecule has 0 bridgehead atoms. The van der Waals surface area contributed by atoms with Crippen molar-refractivity contribution >= 4 is 0 Å². The van der Waals surface area contributed by atoms with Crippen LogP contribution in [0, 0.1) is 5.92 Å². The van der Waals surface area contributed by atoms with Gasteiger partial charge in [0.15, 0.2) is 0 Å².